The van der Waals surface area contributed by atoms with Crippen LogP contribution in [0, 0.1) is 5.92 Å². The van der Waals surface area contributed by atoms with E-state index in [4.69, 9.17) is 9.84 Å². The van der Waals surface area contributed by atoms with Crippen LogP contribution in [-0.4, -0.2) is 35.7 Å². The number of rotatable bonds is 2. The maximum Gasteiger partial charge on any atom is 0.309 e. The number of carboxylic acid groups (broad SMARTS) is 1. The summed E-state index contributed by atoms with van der Waals surface area (Å²) in [6.07, 6.45) is 0. The lowest BCUT2D eigenvalue weighted by molar-refractivity contribution is -0.150. The molecule has 3 rings (SSSR count). The highest BCUT2D eigenvalue weighted by molar-refractivity contribution is 5.71. The molecule has 90 valence electrons. The van der Waals surface area contributed by atoms with Gasteiger partial charge in [0.2, 0.25) is 0 Å². The zero-order valence-corrected chi connectivity index (χ0v) is 9.50. The minimum Gasteiger partial charge on any atom is -0.481 e. The van der Waals surface area contributed by atoms with E-state index in [0.29, 0.717) is 26.3 Å². The van der Waals surface area contributed by atoms with Crippen LogP contribution in [0.25, 0.3) is 0 Å². The summed E-state index contributed by atoms with van der Waals surface area (Å²) in [5.41, 5.74) is 2.52. The standard InChI is InChI=1S/C13H15NO3/c15-13(16)10-5-14(6-10)12-8-17-7-9-3-1-2-4-11(9)12/h1-4,10,12H,5-8H2,(H,15,16). The summed E-state index contributed by atoms with van der Waals surface area (Å²) in [7, 11) is 0. The van der Waals surface area contributed by atoms with E-state index in [9.17, 15) is 4.79 Å². The highest BCUT2D eigenvalue weighted by Gasteiger charge is 2.38. The molecular formula is C13H15NO3. The lowest BCUT2D eigenvalue weighted by Gasteiger charge is -2.44. The smallest absolute Gasteiger partial charge is 0.309 e. The van der Waals surface area contributed by atoms with E-state index in [0.717, 1.165) is 0 Å². The molecule has 1 aromatic carbocycles. The van der Waals surface area contributed by atoms with Crippen molar-refractivity contribution in [2.45, 2.75) is 12.6 Å². The van der Waals surface area contributed by atoms with Crippen LogP contribution in [0.3, 0.4) is 0 Å². The molecule has 0 radical (unpaired) electrons. The number of hydrogen-bond acceptors (Lipinski definition) is 3. The summed E-state index contributed by atoms with van der Waals surface area (Å²) in [5.74, 6) is -0.893. The third-order valence-corrected chi connectivity index (χ3v) is 3.65. The Morgan fingerprint density at radius 1 is 1.35 bits per heavy atom. The van der Waals surface area contributed by atoms with Gasteiger partial charge in [-0.1, -0.05) is 24.3 Å². The van der Waals surface area contributed by atoms with E-state index in [1.165, 1.54) is 11.1 Å². The molecule has 0 bridgehead atoms. The van der Waals surface area contributed by atoms with E-state index in [-0.39, 0.29) is 12.0 Å². The van der Waals surface area contributed by atoms with Crippen molar-refractivity contribution in [1.29, 1.82) is 0 Å². The fraction of sp³-hybridized carbons (Fsp3) is 0.462. The van der Waals surface area contributed by atoms with Gasteiger partial charge in [-0.2, -0.15) is 0 Å². The van der Waals surface area contributed by atoms with Gasteiger partial charge in [0.25, 0.3) is 0 Å². The van der Waals surface area contributed by atoms with Gasteiger partial charge in [-0.15, -0.1) is 0 Å². The van der Waals surface area contributed by atoms with Crippen molar-refractivity contribution >= 4 is 5.97 Å². The van der Waals surface area contributed by atoms with Gasteiger partial charge < -0.3 is 9.84 Å². The van der Waals surface area contributed by atoms with Crippen LogP contribution >= 0.6 is 0 Å². The molecule has 2 aliphatic rings. The lowest BCUT2D eigenvalue weighted by atomic mass is 9.91. The van der Waals surface area contributed by atoms with Gasteiger partial charge in [-0.05, 0) is 11.1 Å². The lowest BCUT2D eigenvalue weighted by Crippen LogP contribution is -2.53. The van der Waals surface area contributed by atoms with Gasteiger partial charge >= 0.3 is 5.97 Å². The summed E-state index contributed by atoms with van der Waals surface area (Å²) < 4.78 is 5.57. The highest BCUT2D eigenvalue weighted by Crippen LogP contribution is 2.34. The first-order valence-corrected chi connectivity index (χ1v) is 5.88. The molecular weight excluding hydrogens is 218 g/mol. The van der Waals surface area contributed by atoms with Gasteiger partial charge in [0.1, 0.15) is 0 Å². The molecule has 2 heterocycles. The molecule has 1 saturated heterocycles. The molecule has 0 spiro atoms. The Balaban J connectivity index is 1.76. The average Bonchev–Trinajstić information content (AvgIpc) is 2.27. The summed E-state index contributed by atoms with van der Waals surface area (Å²) in [5, 5.41) is 8.89. The van der Waals surface area contributed by atoms with Crippen LogP contribution in [-0.2, 0) is 16.1 Å². The fourth-order valence-electron chi connectivity index (χ4n) is 2.59. The maximum absolute atomic E-state index is 10.8. The Bertz CT molecular complexity index is 440. The van der Waals surface area contributed by atoms with Crippen molar-refractivity contribution < 1.29 is 14.6 Å². The number of aliphatic carboxylic acids is 1. The first kappa shape index (κ1) is 10.7. The second-order valence-electron chi connectivity index (χ2n) is 4.72. The minimum atomic E-state index is -0.689. The Morgan fingerprint density at radius 3 is 2.88 bits per heavy atom. The number of ether oxygens (including phenoxy) is 1. The Kier molecular flexibility index (Phi) is 2.61. The van der Waals surface area contributed by atoms with Crippen molar-refractivity contribution in [3.63, 3.8) is 0 Å². The Morgan fingerprint density at radius 2 is 2.12 bits per heavy atom. The molecule has 4 nitrogen and oxygen atoms in total. The van der Waals surface area contributed by atoms with Crippen LogP contribution in [0.2, 0.25) is 0 Å². The van der Waals surface area contributed by atoms with Crippen LogP contribution in [0.15, 0.2) is 24.3 Å². The summed E-state index contributed by atoms with van der Waals surface area (Å²) >= 11 is 0. The molecule has 0 amide bonds. The SMILES string of the molecule is O=C(O)C1CN(C2COCc3ccccc32)C1. The largest absolute Gasteiger partial charge is 0.481 e. The summed E-state index contributed by atoms with van der Waals surface area (Å²) in [6.45, 7) is 2.61. The van der Waals surface area contributed by atoms with Crippen LogP contribution in [0.1, 0.15) is 17.2 Å². The molecule has 4 heteroatoms. The number of nitrogens with zero attached hydrogens (tertiary/aromatic N) is 1. The third kappa shape index (κ3) is 1.83. The van der Waals surface area contributed by atoms with Crippen molar-refractivity contribution in [3.8, 4) is 0 Å². The van der Waals surface area contributed by atoms with Crippen LogP contribution in [0.4, 0.5) is 0 Å². The van der Waals surface area contributed by atoms with Crippen molar-refractivity contribution in [3.05, 3.63) is 35.4 Å². The van der Waals surface area contributed by atoms with E-state index in [1.807, 2.05) is 12.1 Å². The summed E-state index contributed by atoms with van der Waals surface area (Å²) in [6, 6.07) is 8.48. The molecule has 1 aromatic rings. The van der Waals surface area contributed by atoms with E-state index in [2.05, 4.69) is 17.0 Å². The number of benzene rings is 1. The zero-order chi connectivity index (χ0) is 11.8. The quantitative estimate of drug-likeness (QED) is 0.836. The van der Waals surface area contributed by atoms with Gasteiger partial charge in [0.15, 0.2) is 0 Å². The van der Waals surface area contributed by atoms with Crippen LogP contribution in [0.5, 0.6) is 0 Å². The monoisotopic (exact) mass is 233 g/mol. The van der Waals surface area contributed by atoms with Crippen molar-refractivity contribution in [2.75, 3.05) is 19.7 Å². The number of likely N-dealkylation sites (tertiary alicyclic amines) is 1. The van der Waals surface area contributed by atoms with E-state index >= 15 is 0 Å². The predicted octanol–water partition coefficient (Wildman–Crippen LogP) is 1.27. The zero-order valence-electron chi connectivity index (χ0n) is 9.50. The highest BCUT2D eigenvalue weighted by atomic mass is 16.5. The minimum absolute atomic E-state index is 0.205. The van der Waals surface area contributed by atoms with E-state index < -0.39 is 5.97 Å². The van der Waals surface area contributed by atoms with Gasteiger partial charge in [-0.3, -0.25) is 9.69 Å². The molecule has 1 atom stereocenters. The normalized spacial score (nSPS) is 25.1. The number of carbonyl (C=O) groups is 1. The molecule has 0 saturated carbocycles. The number of carboxylic acids is 1. The molecule has 2 aliphatic heterocycles. The van der Waals surface area contributed by atoms with Crippen molar-refractivity contribution in [1.82, 2.24) is 4.90 Å². The average molecular weight is 233 g/mol. The first-order chi connectivity index (χ1) is 8.25. The second-order valence-corrected chi connectivity index (χ2v) is 4.72. The predicted molar refractivity (Wildman–Crippen MR) is 61.5 cm³/mol. The fourth-order valence-corrected chi connectivity index (χ4v) is 2.59. The van der Waals surface area contributed by atoms with Gasteiger partial charge in [0.05, 0.1) is 25.2 Å². The Labute approximate surface area is 99.8 Å². The van der Waals surface area contributed by atoms with Crippen molar-refractivity contribution in [2.24, 2.45) is 5.92 Å². The molecule has 1 fully saturated rings. The first-order valence-electron chi connectivity index (χ1n) is 5.88. The molecule has 0 aromatic heterocycles. The van der Waals surface area contributed by atoms with Crippen LogP contribution < -0.4 is 0 Å². The van der Waals surface area contributed by atoms with Gasteiger partial charge in [0, 0.05) is 13.1 Å². The molecule has 1 N–H and O–H groups in total. The van der Waals surface area contributed by atoms with E-state index in [1.54, 1.807) is 0 Å². The van der Waals surface area contributed by atoms with Gasteiger partial charge in [-0.25, -0.2) is 0 Å². The third-order valence-electron chi connectivity index (χ3n) is 3.65. The Hall–Kier alpha value is -1.39. The topological polar surface area (TPSA) is 49.8 Å². The summed E-state index contributed by atoms with van der Waals surface area (Å²) in [4.78, 5) is 13.0. The molecule has 1 unspecified atom stereocenters. The number of hydrogen-bond donors (Lipinski definition) is 1. The second kappa shape index (κ2) is 4.13. The maximum atomic E-state index is 10.8. The molecule has 0 aliphatic carbocycles. The molecule has 17 heavy (non-hydrogen) atoms. The number of fused-ring (bicyclic) bond motifs is 1.